The van der Waals surface area contributed by atoms with Crippen LogP contribution in [0, 0.1) is 5.82 Å². The molecule has 0 spiro atoms. The van der Waals surface area contributed by atoms with E-state index in [1.165, 1.54) is 23.5 Å². The first-order chi connectivity index (χ1) is 14.2. The van der Waals surface area contributed by atoms with Crippen molar-refractivity contribution in [1.82, 2.24) is 19.4 Å². The molecule has 0 bridgehead atoms. The van der Waals surface area contributed by atoms with Crippen molar-refractivity contribution >= 4 is 17.2 Å². The number of imidazole rings is 1. The van der Waals surface area contributed by atoms with Crippen LogP contribution >= 0.6 is 11.3 Å². The molecular weight excluding hydrogens is 387 g/mol. The third-order valence-corrected chi connectivity index (χ3v) is 5.37. The van der Waals surface area contributed by atoms with E-state index in [0.29, 0.717) is 24.5 Å². The van der Waals surface area contributed by atoms with E-state index in [0.717, 1.165) is 17.0 Å². The lowest BCUT2D eigenvalue weighted by Crippen LogP contribution is -2.31. The fraction of sp³-hybridized carbons (Fsp3) is 0.136. The summed E-state index contributed by atoms with van der Waals surface area (Å²) in [5, 5.41) is 1.89. The normalized spacial score (nSPS) is 10.8. The number of nitrogens with zero attached hydrogens (tertiary/aromatic N) is 4. The van der Waals surface area contributed by atoms with E-state index in [2.05, 4.69) is 9.97 Å². The van der Waals surface area contributed by atoms with E-state index in [-0.39, 0.29) is 11.7 Å². The molecular formula is C22H19FN4OS. The molecule has 0 radical (unpaired) electrons. The minimum Gasteiger partial charge on any atom is -0.329 e. The third-order valence-electron chi connectivity index (χ3n) is 4.52. The highest BCUT2D eigenvalue weighted by molar-refractivity contribution is 7.12. The molecule has 146 valence electrons. The number of rotatable bonds is 7. The zero-order valence-corrected chi connectivity index (χ0v) is 16.4. The van der Waals surface area contributed by atoms with Crippen molar-refractivity contribution in [3.05, 3.63) is 106 Å². The number of benzene rings is 1. The lowest BCUT2D eigenvalue weighted by Gasteiger charge is -2.22. The monoisotopic (exact) mass is 406 g/mol. The van der Waals surface area contributed by atoms with Gasteiger partial charge < -0.3 is 9.47 Å². The molecule has 0 aliphatic rings. The maximum atomic E-state index is 13.2. The molecule has 4 aromatic rings. The molecule has 0 N–H and O–H groups in total. The van der Waals surface area contributed by atoms with Crippen molar-refractivity contribution in [2.45, 2.75) is 19.6 Å². The van der Waals surface area contributed by atoms with Gasteiger partial charge in [0.1, 0.15) is 11.6 Å². The molecule has 0 aliphatic heterocycles. The summed E-state index contributed by atoms with van der Waals surface area (Å²) in [6.07, 6.45) is 7.07. The number of aromatic nitrogens is 3. The molecule has 3 heterocycles. The molecule has 3 aromatic heterocycles. The highest BCUT2D eigenvalue weighted by atomic mass is 32.1. The molecule has 0 saturated carbocycles. The lowest BCUT2D eigenvalue weighted by molar-refractivity contribution is 0.0728. The largest absolute Gasteiger partial charge is 0.329 e. The highest BCUT2D eigenvalue weighted by Gasteiger charge is 2.20. The fourth-order valence-electron chi connectivity index (χ4n) is 3.06. The summed E-state index contributed by atoms with van der Waals surface area (Å²) in [5.41, 5.74) is 1.92. The first kappa shape index (κ1) is 19.0. The number of hydrogen-bond donors (Lipinski definition) is 0. The van der Waals surface area contributed by atoms with Crippen molar-refractivity contribution < 1.29 is 9.18 Å². The van der Waals surface area contributed by atoms with Crippen molar-refractivity contribution in [2.75, 3.05) is 0 Å². The number of hydrogen-bond acceptors (Lipinski definition) is 4. The molecule has 1 amide bonds. The average Bonchev–Trinajstić information content (AvgIpc) is 3.42. The van der Waals surface area contributed by atoms with E-state index in [4.69, 9.17) is 0 Å². The highest BCUT2D eigenvalue weighted by Crippen LogP contribution is 2.17. The van der Waals surface area contributed by atoms with E-state index < -0.39 is 0 Å². The van der Waals surface area contributed by atoms with Crippen LogP contribution in [0.4, 0.5) is 4.39 Å². The van der Waals surface area contributed by atoms with Gasteiger partial charge in [-0.15, -0.1) is 11.3 Å². The molecule has 29 heavy (non-hydrogen) atoms. The van der Waals surface area contributed by atoms with Crippen molar-refractivity contribution in [3.63, 3.8) is 0 Å². The van der Waals surface area contributed by atoms with E-state index in [1.807, 2.05) is 40.4 Å². The Kier molecular flexibility index (Phi) is 5.76. The maximum absolute atomic E-state index is 13.2. The molecule has 5 nitrogen and oxygen atoms in total. The van der Waals surface area contributed by atoms with Crippen molar-refractivity contribution in [3.8, 4) is 0 Å². The second-order valence-electron chi connectivity index (χ2n) is 6.60. The summed E-state index contributed by atoms with van der Waals surface area (Å²) >= 11 is 1.42. The molecule has 0 aliphatic carbocycles. The fourth-order valence-corrected chi connectivity index (χ4v) is 3.75. The van der Waals surface area contributed by atoms with E-state index >= 15 is 0 Å². The first-order valence-corrected chi connectivity index (χ1v) is 10.0. The SMILES string of the molecule is O=C(c1cccs1)N(Cc1cccnc1)Cc1nccn1Cc1ccc(F)cc1. The smallest absolute Gasteiger partial charge is 0.264 e. The third kappa shape index (κ3) is 4.75. The second kappa shape index (κ2) is 8.79. The number of pyridine rings is 1. The number of carbonyl (C=O) groups excluding carboxylic acids is 1. The van der Waals surface area contributed by atoms with Crippen LogP contribution in [0.5, 0.6) is 0 Å². The van der Waals surface area contributed by atoms with E-state index in [9.17, 15) is 9.18 Å². The van der Waals surface area contributed by atoms with Gasteiger partial charge in [0.05, 0.1) is 11.4 Å². The van der Waals surface area contributed by atoms with Crippen LogP contribution in [0.15, 0.2) is 78.7 Å². The quantitative estimate of drug-likeness (QED) is 0.458. The van der Waals surface area contributed by atoms with Crippen LogP contribution in [0.3, 0.4) is 0 Å². The standard InChI is InChI=1S/C22H19FN4OS/c23-19-7-5-17(6-8-19)14-26-11-10-25-21(26)16-27(15-18-3-1-9-24-13-18)22(28)20-4-2-12-29-20/h1-13H,14-16H2. The Bertz CT molecular complexity index is 1060. The Morgan fingerprint density at radius 1 is 1.03 bits per heavy atom. The zero-order valence-electron chi connectivity index (χ0n) is 15.6. The minimum atomic E-state index is -0.260. The Morgan fingerprint density at radius 2 is 1.90 bits per heavy atom. The minimum absolute atomic E-state index is 0.0415. The summed E-state index contributed by atoms with van der Waals surface area (Å²) < 4.78 is 15.2. The van der Waals surface area contributed by atoms with Gasteiger partial charge in [-0.25, -0.2) is 9.37 Å². The number of amides is 1. The van der Waals surface area contributed by atoms with Crippen LogP contribution in [0.2, 0.25) is 0 Å². The topological polar surface area (TPSA) is 51.0 Å². The first-order valence-electron chi connectivity index (χ1n) is 9.15. The van der Waals surface area contributed by atoms with Crippen molar-refractivity contribution in [2.24, 2.45) is 0 Å². The van der Waals surface area contributed by atoms with Crippen LogP contribution in [-0.2, 0) is 19.6 Å². The molecule has 0 unspecified atom stereocenters. The average molecular weight is 406 g/mol. The number of halogens is 1. The molecule has 4 rings (SSSR count). The molecule has 7 heteroatoms. The molecule has 0 saturated heterocycles. The predicted octanol–water partition coefficient (Wildman–Crippen LogP) is 4.37. The van der Waals surface area contributed by atoms with Crippen LogP contribution in [-0.4, -0.2) is 25.3 Å². The van der Waals surface area contributed by atoms with Gasteiger partial charge in [-0.2, -0.15) is 0 Å². The summed E-state index contributed by atoms with van der Waals surface area (Å²) in [5.74, 6) is 0.465. The van der Waals surface area contributed by atoms with Crippen LogP contribution in [0.25, 0.3) is 0 Å². The van der Waals surface area contributed by atoms with Gasteiger partial charge >= 0.3 is 0 Å². The molecule has 0 fully saturated rings. The molecule has 0 atom stereocenters. The maximum Gasteiger partial charge on any atom is 0.264 e. The zero-order chi connectivity index (χ0) is 20.1. The summed E-state index contributed by atoms with van der Waals surface area (Å²) in [4.78, 5) is 24.1. The summed E-state index contributed by atoms with van der Waals surface area (Å²) in [7, 11) is 0. The number of thiophene rings is 1. The summed E-state index contributed by atoms with van der Waals surface area (Å²) in [6, 6.07) is 13.9. The van der Waals surface area contributed by atoms with Crippen LogP contribution < -0.4 is 0 Å². The van der Waals surface area contributed by atoms with Gasteiger partial charge in [-0.05, 0) is 40.8 Å². The summed E-state index contributed by atoms with van der Waals surface area (Å²) in [6.45, 7) is 1.36. The van der Waals surface area contributed by atoms with Gasteiger partial charge in [-0.3, -0.25) is 9.78 Å². The Labute approximate surface area is 172 Å². The van der Waals surface area contributed by atoms with Gasteiger partial charge in [0.15, 0.2) is 0 Å². The van der Waals surface area contributed by atoms with Gasteiger partial charge in [0.25, 0.3) is 5.91 Å². The Morgan fingerprint density at radius 3 is 2.62 bits per heavy atom. The van der Waals surface area contributed by atoms with Crippen molar-refractivity contribution in [1.29, 1.82) is 0 Å². The predicted molar refractivity (Wildman–Crippen MR) is 110 cm³/mol. The van der Waals surface area contributed by atoms with Gasteiger partial charge in [0.2, 0.25) is 0 Å². The second-order valence-corrected chi connectivity index (χ2v) is 7.55. The Hall–Kier alpha value is -3.32. The Balaban J connectivity index is 1.57. The van der Waals surface area contributed by atoms with E-state index in [1.54, 1.807) is 35.6 Å². The van der Waals surface area contributed by atoms with Crippen LogP contribution in [0.1, 0.15) is 26.6 Å². The van der Waals surface area contributed by atoms with Gasteiger partial charge in [0, 0.05) is 37.9 Å². The lowest BCUT2D eigenvalue weighted by atomic mass is 10.2. The van der Waals surface area contributed by atoms with Gasteiger partial charge in [-0.1, -0.05) is 24.3 Å². The molecule has 1 aromatic carbocycles. The number of carbonyl (C=O) groups is 1.